The fourth-order valence-corrected chi connectivity index (χ4v) is 4.61. The Hall–Kier alpha value is -4.04. The molecule has 0 atom stereocenters. The van der Waals surface area contributed by atoms with Crippen LogP contribution < -0.4 is 9.54 Å². The smallest absolute Gasteiger partial charge is 0.326 e. The van der Waals surface area contributed by atoms with Crippen molar-refractivity contribution in [1.82, 2.24) is 4.57 Å². The van der Waals surface area contributed by atoms with Crippen LogP contribution in [0, 0.1) is 0 Å². The van der Waals surface area contributed by atoms with Crippen LogP contribution in [0.5, 0.6) is 5.75 Å². The van der Waals surface area contributed by atoms with Gasteiger partial charge in [0.15, 0.2) is 10.6 Å². The summed E-state index contributed by atoms with van der Waals surface area (Å²) in [6.45, 7) is 4.35. The van der Waals surface area contributed by atoms with Crippen molar-refractivity contribution in [2.45, 2.75) is 20.4 Å². The van der Waals surface area contributed by atoms with Crippen molar-refractivity contribution in [1.29, 1.82) is 0 Å². The second kappa shape index (κ2) is 10.9. The number of hydrogen-bond donors (Lipinski definition) is 0. The molecule has 1 aromatic heterocycles. The van der Waals surface area contributed by atoms with Crippen molar-refractivity contribution in [2.24, 2.45) is 4.99 Å². The summed E-state index contributed by atoms with van der Waals surface area (Å²) in [5, 5.41) is 0. The first kappa shape index (κ1) is 24.1. The highest BCUT2D eigenvalue weighted by Gasteiger charge is 2.15. The summed E-state index contributed by atoms with van der Waals surface area (Å²) < 4.78 is 13.2. The maximum absolute atomic E-state index is 13.0. The molecule has 0 aliphatic rings. The topological polar surface area (TPSA) is 87.0 Å². The number of ether oxygens (including phenoxy) is 2. The summed E-state index contributed by atoms with van der Waals surface area (Å²) in [6, 6.07) is 20.9. The zero-order valence-electron chi connectivity index (χ0n) is 19.4. The van der Waals surface area contributed by atoms with Gasteiger partial charge in [-0.1, -0.05) is 53.8 Å². The molecule has 0 spiro atoms. The van der Waals surface area contributed by atoms with Crippen molar-refractivity contribution in [3.05, 3.63) is 94.3 Å². The van der Waals surface area contributed by atoms with Gasteiger partial charge in [0.2, 0.25) is 0 Å². The van der Waals surface area contributed by atoms with E-state index >= 15 is 0 Å². The van der Waals surface area contributed by atoms with Gasteiger partial charge in [-0.05, 0) is 44.2 Å². The molecule has 0 unspecified atom stereocenters. The molecule has 0 radical (unpaired) electrons. The third kappa shape index (κ3) is 5.55. The van der Waals surface area contributed by atoms with E-state index in [-0.39, 0.29) is 18.9 Å². The number of carbonyl (C=O) groups excluding carboxylic acids is 3. The Bertz CT molecular complexity index is 1440. The average Bonchev–Trinajstić information content (AvgIpc) is 3.20. The number of ketones is 1. The number of benzene rings is 3. The summed E-state index contributed by atoms with van der Waals surface area (Å²) in [6.07, 6.45) is 0. The molecule has 1 heterocycles. The number of rotatable bonds is 8. The lowest BCUT2D eigenvalue weighted by atomic mass is 10.0. The van der Waals surface area contributed by atoms with Gasteiger partial charge in [-0.3, -0.25) is 14.4 Å². The van der Waals surface area contributed by atoms with E-state index in [1.54, 1.807) is 60.0 Å². The van der Waals surface area contributed by atoms with Crippen LogP contribution in [0.3, 0.4) is 0 Å². The van der Waals surface area contributed by atoms with Gasteiger partial charge in [0.1, 0.15) is 12.3 Å². The molecule has 0 fully saturated rings. The summed E-state index contributed by atoms with van der Waals surface area (Å²) in [5.41, 5.74) is 2.15. The largest absolute Gasteiger partial charge is 0.494 e. The van der Waals surface area contributed by atoms with E-state index in [0.717, 1.165) is 10.2 Å². The highest BCUT2D eigenvalue weighted by Crippen LogP contribution is 2.24. The predicted molar refractivity (Wildman–Crippen MR) is 134 cm³/mol. The molecule has 4 aromatic rings. The molecule has 0 aliphatic heterocycles. The molecule has 35 heavy (non-hydrogen) atoms. The van der Waals surface area contributed by atoms with E-state index < -0.39 is 11.9 Å². The minimum atomic E-state index is -0.474. The van der Waals surface area contributed by atoms with E-state index in [9.17, 15) is 14.4 Å². The third-order valence-electron chi connectivity index (χ3n) is 5.18. The lowest BCUT2D eigenvalue weighted by Crippen LogP contribution is -2.23. The van der Waals surface area contributed by atoms with Crippen molar-refractivity contribution in [3.8, 4) is 5.75 Å². The number of esters is 1. The molecular formula is C27H24N2O5S. The highest BCUT2D eigenvalue weighted by atomic mass is 32.1. The Balaban J connectivity index is 1.67. The van der Waals surface area contributed by atoms with Crippen LogP contribution in [0.15, 0.2) is 77.8 Å². The fourth-order valence-electron chi connectivity index (χ4n) is 3.56. The fraction of sp³-hybridized carbons (Fsp3) is 0.185. The maximum atomic E-state index is 13.0. The predicted octanol–water partition coefficient (Wildman–Crippen LogP) is 4.64. The summed E-state index contributed by atoms with van der Waals surface area (Å²) >= 11 is 1.29. The molecule has 8 heteroatoms. The first-order valence-electron chi connectivity index (χ1n) is 11.2. The number of fused-ring (bicyclic) bond motifs is 1. The number of aromatic nitrogens is 1. The van der Waals surface area contributed by atoms with Crippen LogP contribution in [0.4, 0.5) is 0 Å². The lowest BCUT2D eigenvalue weighted by molar-refractivity contribution is -0.143. The highest BCUT2D eigenvalue weighted by molar-refractivity contribution is 7.16. The Morgan fingerprint density at radius 1 is 0.857 bits per heavy atom. The van der Waals surface area contributed by atoms with E-state index in [1.807, 2.05) is 31.2 Å². The van der Waals surface area contributed by atoms with Crippen LogP contribution in [-0.2, 0) is 16.1 Å². The second-order valence-corrected chi connectivity index (χ2v) is 8.54. The third-order valence-corrected chi connectivity index (χ3v) is 6.23. The van der Waals surface area contributed by atoms with E-state index in [2.05, 4.69) is 4.99 Å². The Morgan fingerprint density at radius 2 is 1.54 bits per heavy atom. The van der Waals surface area contributed by atoms with Crippen molar-refractivity contribution in [2.75, 3.05) is 13.2 Å². The molecular weight excluding hydrogens is 464 g/mol. The van der Waals surface area contributed by atoms with Gasteiger partial charge < -0.3 is 14.0 Å². The van der Waals surface area contributed by atoms with Crippen LogP contribution in [0.1, 0.15) is 40.1 Å². The molecule has 3 aromatic carbocycles. The first-order valence-corrected chi connectivity index (χ1v) is 12.0. The van der Waals surface area contributed by atoms with Gasteiger partial charge in [-0.15, -0.1) is 0 Å². The average molecular weight is 489 g/mol. The number of amides is 1. The molecule has 178 valence electrons. The maximum Gasteiger partial charge on any atom is 0.326 e. The molecule has 0 saturated heterocycles. The monoisotopic (exact) mass is 488 g/mol. The quantitative estimate of drug-likeness (QED) is 0.266. The molecule has 1 amide bonds. The van der Waals surface area contributed by atoms with Crippen LogP contribution >= 0.6 is 11.3 Å². The molecule has 0 saturated carbocycles. The van der Waals surface area contributed by atoms with Crippen molar-refractivity contribution < 1.29 is 23.9 Å². The van der Waals surface area contributed by atoms with E-state index in [0.29, 0.717) is 33.8 Å². The molecule has 0 bridgehead atoms. The van der Waals surface area contributed by atoms with Gasteiger partial charge in [-0.25, -0.2) is 0 Å². The molecule has 7 nitrogen and oxygen atoms in total. The Morgan fingerprint density at radius 3 is 2.23 bits per heavy atom. The minimum absolute atomic E-state index is 0.0710. The summed E-state index contributed by atoms with van der Waals surface area (Å²) in [7, 11) is 0. The van der Waals surface area contributed by atoms with Gasteiger partial charge in [0, 0.05) is 16.7 Å². The number of thiazole rings is 1. The number of nitrogens with zero attached hydrogens (tertiary/aromatic N) is 2. The van der Waals surface area contributed by atoms with E-state index in [1.165, 1.54) is 11.3 Å². The number of carbonyl (C=O) groups is 3. The standard InChI is InChI=1S/C27H24N2O5S/c1-3-33-21-14-15-22-23(16-21)35-27(29(22)17-24(30)34-4-2)28-26(32)20-12-10-19(11-13-20)25(31)18-8-6-5-7-9-18/h5-16H,3-4,17H2,1-2H3. The van der Waals surface area contributed by atoms with Gasteiger partial charge in [0.25, 0.3) is 5.91 Å². The van der Waals surface area contributed by atoms with Crippen LogP contribution in [0.2, 0.25) is 0 Å². The first-order chi connectivity index (χ1) is 17.0. The van der Waals surface area contributed by atoms with Gasteiger partial charge in [0.05, 0.1) is 23.4 Å². The van der Waals surface area contributed by atoms with Crippen molar-refractivity contribution >= 4 is 39.2 Å². The van der Waals surface area contributed by atoms with Crippen LogP contribution in [0.25, 0.3) is 10.2 Å². The Kier molecular flexibility index (Phi) is 7.52. The summed E-state index contributed by atoms with van der Waals surface area (Å²) in [4.78, 5) is 42.5. The lowest BCUT2D eigenvalue weighted by Gasteiger charge is -2.06. The zero-order valence-corrected chi connectivity index (χ0v) is 20.2. The van der Waals surface area contributed by atoms with Crippen molar-refractivity contribution in [3.63, 3.8) is 0 Å². The van der Waals surface area contributed by atoms with Gasteiger partial charge in [-0.2, -0.15) is 4.99 Å². The van der Waals surface area contributed by atoms with E-state index in [4.69, 9.17) is 9.47 Å². The number of hydrogen-bond acceptors (Lipinski definition) is 6. The zero-order chi connectivity index (χ0) is 24.8. The Labute approximate surface area is 206 Å². The molecule has 0 N–H and O–H groups in total. The van der Waals surface area contributed by atoms with Crippen LogP contribution in [-0.4, -0.2) is 35.4 Å². The normalized spacial score (nSPS) is 11.4. The minimum Gasteiger partial charge on any atom is -0.494 e. The van der Waals surface area contributed by atoms with Gasteiger partial charge >= 0.3 is 5.97 Å². The molecule has 4 rings (SSSR count). The molecule has 0 aliphatic carbocycles. The second-order valence-electron chi connectivity index (χ2n) is 7.53. The summed E-state index contributed by atoms with van der Waals surface area (Å²) in [5.74, 6) is -0.318. The SMILES string of the molecule is CCOC(=O)Cn1c(=NC(=O)c2ccc(C(=O)c3ccccc3)cc2)sc2cc(OCC)ccc21.